The number of hydrogen-bond donors (Lipinski definition) is 1. The summed E-state index contributed by atoms with van der Waals surface area (Å²) in [5, 5.41) is 2.69. The number of hydrogen-bond acceptors (Lipinski definition) is 2. The van der Waals surface area contributed by atoms with Crippen molar-refractivity contribution >= 4 is 24.7 Å². The Labute approximate surface area is 194 Å². The Morgan fingerprint density at radius 1 is 0.750 bits per heavy atom. The first-order valence-corrected chi connectivity index (χ1v) is 13.9. The molecule has 3 heteroatoms. The van der Waals surface area contributed by atoms with E-state index in [2.05, 4.69) is 128 Å². The second-order valence-corrected chi connectivity index (χ2v) is 13.9. The molecular weight excluding hydrogens is 404 g/mol. The van der Waals surface area contributed by atoms with Crippen LogP contribution in [0.5, 0.6) is 0 Å². The Kier molecular flexibility index (Phi) is 5.44. The van der Waals surface area contributed by atoms with Crippen LogP contribution in [-0.2, 0) is 5.16 Å². The van der Waals surface area contributed by atoms with Crippen LogP contribution in [0.15, 0.2) is 91.0 Å². The van der Waals surface area contributed by atoms with Gasteiger partial charge < -0.3 is 4.98 Å². The molecule has 0 radical (unpaired) electrons. The van der Waals surface area contributed by atoms with Gasteiger partial charge in [-0.1, -0.05) is 97.1 Å². The fraction of sp³-hybridized carbons (Fsp3) is 0.310. The SMILES string of the molecule is CC(C)(C)N[Si](c1ccccc1)(c1ccccc1)C1(N2CCCC2)C=Cc2ccccc21. The lowest BCUT2D eigenvalue weighted by atomic mass is 10.1. The lowest BCUT2D eigenvalue weighted by Gasteiger charge is -2.55. The predicted molar refractivity (Wildman–Crippen MR) is 139 cm³/mol. The normalized spacial score (nSPS) is 21.1. The molecule has 2 nitrogen and oxygen atoms in total. The minimum atomic E-state index is -2.63. The van der Waals surface area contributed by atoms with Crippen molar-refractivity contribution in [3.63, 3.8) is 0 Å². The minimum absolute atomic E-state index is 0.0456. The van der Waals surface area contributed by atoms with Crippen molar-refractivity contribution in [1.82, 2.24) is 9.88 Å². The van der Waals surface area contributed by atoms with Gasteiger partial charge in [0.1, 0.15) is 0 Å². The molecule has 1 atom stereocenters. The zero-order valence-corrected chi connectivity index (χ0v) is 20.5. The molecule has 0 bridgehead atoms. The second-order valence-electron chi connectivity index (χ2n) is 10.2. The van der Waals surface area contributed by atoms with Gasteiger partial charge in [-0.25, -0.2) is 0 Å². The minimum Gasteiger partial charge on any atom is -0.324 e. The van der Waals surface area contributed by atoms with Gasteiger partial charge in [-0.2, -0.15) is 0 Å². The molecular formula is C29H34N2Si. The third-order valence-electron chi connectivity index (χ3n) is 7.03. The van der Waals surface area contributed by atoms with Gasteiger partial charge in [0.25, 0.3) is 0 Å². The van der Waals surface area contributed by atoms with Crippen LogP contribution in [-0.4, -0.2) is 31.8 Å². The van der Waals surface area contributed by atoms with Gasteiger partial charge in [-0.05, 0) is 68.2 Å². The summed E-state index contributed by atoms with van der Waals surface area (Å²) in [7, 11) is -2.63. The molecule has 1 fully saturated rings. The Morgan fingerprint density at radius 2 is 1.28 bits per heavy atom. The second kappa shape index (κ2) is 8.15. The summed E-state index contributed by atoms with van der Waals surface area (Å²) in [5.74, 6) is 0. The van der Waals surface area contributed by atoms with Crippen molar-refractivity contribution in [2.24, 2.45) is 0 Å². The first-order valence-electron chi connectivity index (χ1n) is 11.9. The van der Waals surface area contributed by atoms with Crippen molar-refractivity contribution in [2.75, 3.05) is 13.1 Å². The average Bonchev–Trinajstić information content (AvgIpc) is 3.47. The molecule has 1 aliphatic carbocycles. The maximum Gasteiger partial charge on any atom is 0.219 e. The van der Waals surface area contributed by atoms with E-state index in [4.69, 9.17) is 0 Å². The van der Waals surface area contributed by atoms with Crippen LogP contribution < -0.4 is 15.4 Å². The van der Waals surface area contributed by atoms with Crippen molar-refractivity contribution in [2.45, 2.75) is 44.3 Å². The quantitative estimate of drug-likeness (QED) is 0.581. The lowest BCUT2D eigenvalue weighted by molar-refractivity contribution is 0.236. The van der Waals surface area contributed by atoms with Gasteiger partial charge in [0.2, 0.25) is 8.24 Å². The molecule has 1 saturated heterocycles. The molecule has 5 rings (SSSR count). The fourth-order valence-corrected chi connectivity index (χ4v) is 11.9. The fourth-order valence-electron chi connectivity index (χ4n) is 5.98. The highest BCUT2D eigenvalue weighted by atomic mass is 28.3. The van der Waals surface area contributed by atoms with Crippen LogP contribution in [0.25, 0.3) is 6.08 Å². The predicted octanol–water partition coefficient (Wildman–Crippen LogP) is 4.69. The molecule has 0 spiro atoms. The van der Waals surface area contributed by atoms with Gasteiger partial charge in [0.15, 0.2) is 0 Å². The topological polar surface area (TPSA) is 15.3 Å². The van der Waals surface area contributed by atoms with Crippen molar-refractivity contribution in [1.29, 1.82) is 0 Å². The summed E-state index contributed by atoms with van der Waals surface area (Å²) in [4.78, 5) is 7.14. The summed E-state index contributed by atoms with van der Waals surface area (Å²) in [6.07, 6.45) is 7.46. The van der Waals surface area contributed by atoms with Crippen LogP contribution in [0.4, 0.5) is 0 Å². The Bertz CT molecular complexity index is 1060. The molecule has 2 aliphatic rings. The molecule has 1 unspecified atom stereocenters. The molecule has 0 saturated carbocycles. The molecule has 1 heterocycles. The van der Waals surface area contributed by atoms with Crippen LogP contribution in [0.2, 0.25) is 0 Å². The summed E-state index contributed by atoms with van der Waals surface area (Å²) in [6, 6.07) is 31.7. The summed E-state index contributed by atoms with van der Waals surface area (Å²) >= 11 is 0. The van der Waals surface area contributed by atoms with Crippen molar-refractivity contribution in [3.05, 3.63) is 102 Å². The van der Waals surface area contributed by atoms with Gasteiger partial charge in [-0.3, -0.25) is 4.90 Å². The molecule has 32 heavy (non-hydrogen) atoms. The zero-order valence-electron chi connectivity index (χ0n) is 19.5. The number of likely N-dealkylation sites (tertiary alicyclic amines) is 1. The number of fused-ring (bicyclic) bond motifs is 1. The van der Waals surface area contributed by atoms with Crippen molar-refractivity contribution < 1.29 is 0 Å². The summed E-state index contributed by atoms with van der Waals surface area (Å²) in [6.45, 7) is 9.24. The summed E-state index contributed by atoms with van der Waals surface area (Å²) in [5.41, 5.74) is 2.77. The van der Waals surface area contributed by atoms with E-state index in [0.29, 0.717) is 0 Å². The lowest BCUT2D eigenvalue weighted by Crippen LogP contribution is -2.84. The number of nitrogens with zero attached hydrogens (tertiary/aromatic N) is 1. The summed E-state index contributed by atoms with van der Waals surface area (Å²) < 4.78 is 0. The van der Waals surface area contributed by atoms with E-state index < -0.39 is 8.24 Å². The Hall–Kier alpha value is -2.46. The Morgan fingerprint density at radius 3 is 1.84 bits per heavy atom. The molecule has 3 aromatic carbocycles. The Balaban J connectivity index is 1.91. The van der Waals surface area contributed by atoms with Crippen LogP contribution >= 0.6 is 0 Å². The van der Waals surface area contributed by atoms with E-state index in [9.17, 15) is 0 Å². The molecule has 3 aromatic rings. The largest absolute Gasteiger partial charge is 0.324 e. The van der Waals surface area contributed by atoms with E-state index in [1.807, 2.05) is 0 Å². The third kappa shape index (κ3) is 3.31. The average molecular weight is 439 g/mol. The van der Waals surface area contributed by atoms with Gasteiger partial charge >= 0.3 is 0 Å². The number of benzene rings is 3. The molecule has 164 valence electrons. The number of rotatable bonds is 5. The van der Waals surface area contributed by atoms with Crippen molar-refractivity contribution in [3.8, 4) is 0 Å². The highest BCUT2D eigenvalue weighted by Crippen LogP contribution is 2.46. The van der Waals surface area contributed by atoms with Crippen LogP contribution in [0.3, 0.4) is 0 Å². The standard InChI is InChI=1S/C29H34N2Si/c1-28(2,3)30-32(25-15-6-4-7-16-25,26-17-8-5-9-18-26)29(31-22-12-13-23-31)21-20-24-14-10-11-19-27(24)29/h4-11,14-21,30H,12-13,22-23H2,1-3H3. The third-order valence-corrected chi connectivity index (χ3v) is 12.4. The zero-order chi connectivity index (χ0) is 22.2. The molecule has 1 N–H and O–H groups in total. The highest BCUT2D eigenvalue weighted by Gasteiger charge is 2.62. The van der Waals surface area contributed by atoms with E-state index in [1.54, 1.807) is 0 Å². The monoisotopic (exact) mass is 438 g/mol. The van der Waals surface area contributed by atoms with Crippen LogP contribution in [0, 0.1) is 0 Å². The van der Waals surface area contributed by atoms with Gasteiger partial charge in [0.05, 0.1) is 5.16 Å². The maximum absolute atomic E-state index is 4.35. The smallest absolute Gasteiger partial charge is 0.219 e. The maximum atomic E-state index is 4.35. The van der Waals surface area contributed by atoms with Crippen LogP contribution in [0.1, 0.15) is 44.7 Å². The first-order chi connectivity index (χ1) is 15.5. The van der Waals surface area contributed by atoms with Gasteiger partial charge in [0, 0.05) is 5.54 Å². The van der Waals surface area contributed by atoms with E-state index >= 15 is 0 Å². The number of nitrogens with one attached hydrogen (secondary N) is 1. The van der Waals surface area contributed by atoms with E-state index in [0.717, 1.165) is 13.1 Å². The highest BCUT2D eigenvalue weighted by molar-refractivity contribution is 7.03. The first kappa shape index (κ1) is 21.4. The molecule has 1 aliphatic heterocycles. The van der Waals surface area contributed by atoms with Gasteiger partial charge in [-0.15, -0.1) is 0 Å². The molecule has 0 aromatic heterocycles. The van der Waals surface area contributed by atoms with E-state index in [1.165, 1.54) is 34.3 Å². The van der Waals surface area contributed by atoms with E-state index in [-0.39, 0.29) is 10.7 Å². The molecule has 0 amide bonds.